The molecular weight excluding hydrogens is 258 g/mol. The summed E-state index contributed by atoms with van der Waals surface area (Å²) in [6, 6.07) is 7.12. The van der Waals surface area contributed by atoms with Crippen LogP contribution in [-0.4, -0.2) is 29.2 Å². The van der Waals surface area contributed by atoms with Crippen molar-refractivity contribution in [2.24, 2.45) is 5.73 Å². The van der Waals surface area contributed by atoms with Crippen LogP contribution in [0.1, 0.15) is 13.3 Å². The number of hydrogen-bond donors (Lipinski definition) is 1. The predicted octanol–water partition coefficient (Wildman–Crippen LogP) is 2.20. The fraction of sp³-hybridized carbons (Fsp3) is 0.500. The van der Waals surface area contributed by atoms with Crippen LogP contribution in [0.25, 0.3) is 0 Å². The van der Waals surface area contributed by atoms with Gasteiger partial charge in [0.1, 0.15) is 0 Å². The second-order valence-electron chi connectivity index (χ2n) is 3.61. The molecule has 0 aliphatic heterocycles. The lowest BCUT2D eigenvalue weighted by Gasteiger charge is -2.14. The molecule has 2 N–H and O–H groups in total. The van der Waals surface area contributed by atoms with E-state index in [4.69, 9.17) is 22.1 Å². The topological polar surface area (TPSA) is 52.3 Å². The van der Waals surface area contributed by atoms with Gasteiger partial charge in [0.05, 0.1) is 16.9 Å². The Kier molecular flexibility index (Phi) is 6.73. The molecule has 0 saturated heterocycles. The molecular formula is C12H18ClNO2S. The van der Waals surface area contributed by atoms with E-state index < -0.39 is 10.8 Å². The average Bonchev–Trinajstić information content (AvgIpc) is 2.34. The van der Waals surface area contributed by atoms with Crippen molar-refractivity contribution in [1.82, 2.24) is 0 Å². The Morgan fingerprint density at radius 3 is 2.88 bits per heavy atom. The number of halogens is 1. The summed E-state index contributed by atoms with van der Waals surface area (Å²) in [6.07, 6.45) is 0.687. The fourth-order valence-corrected chi connectivity index (χ4v) is 2.93. The summed E-state index contributed by atoms with van der Waals surface area (Å²) >= 11 is 5.85. The highest BCUT2D eigenvalue weighted by atomic mass is 35.5. The normalized spacial score (nSPS) is 14.5. The minimum atomic E-state index is -1.04. The van der Waals surface area contributed by atoms with Crippen LogP contribution in [-0.2, 0) is 15.5 Å². The molecule has 0 aliphatic rings. The largest absolute Gasteiger partial charge is 0.377 e. The molecule has 96 valence electrons. The zero-order valence-corrected chi connectivity index (χ0v) is 11.5. The molecule has 5 heteroatoms. The van der Waals surface area contributed by atoms with E-state index in [-0.39, 0.29) is 6.10 Å². The summed E-state index contributed by atoms with van der Waals surface area (Å²) in [5.41, 5.74) is 5.56. The van der Waals surface area contributed by atoms with E-state index in [0.29, 0.717) is 30.3 Å². The monoisotopic (exact) mass is 275 g/mol. The molecule has 0 saturated carbocycles. The van der Waals surface area contributed by atoms with Crippen molar-refractivity contribution in [2.45, 2.75) is 24.3 Å². The smallest absolute Gasteiger partial charge is 0.0706 e. The molecule has 17 heavy (non-hydrogen) atoms. The standard InChI is InChI=1S/C12H18ClNO2S/c1-2-16-11(9-14)6-7-17(15)12-5-3-4-10(13)8-12/h3-5,8,11H,2,6-7,9,14H2,1H3. The number of hydrogen-bond acceptors (Lipinski definition) is 3. The van der Waals surface area contributed by atoms with E-state index in [2.05, 4.69) is 0 Å². The maximum absolute atomic E-state index is 12.0. The van der Waals surface area contributed by atoms with Crippen molar-refractivity contribution < 1.29 is 8.95 Å². The second-order valence-corrected chi connectivity index (χ2v) is 5.62. The summed E-state index contributed by atoms with van der Waals surface area (Å²) < 4.78 is 17.4. The highest BCUT2D eigenvalue weighted by Crippen LogP contribution is 2.15. The van der Waals surface area contributed by atoms with Crippen LogP contribution in [0.2, 0.25) is 5.02 Å². The Bertz CT molecular complexity index is 373. The molecule has 0 aromatic heterocycles. The Morgan fingerprint density at radius 1 is 1.53 bits per heavy atom. The van der Waals surface area contributed by atoms with E-state index in [9.17, 15) is 4.21 Å². The van der Waals surface area contributed by atoms with Gasteiger partial charge in [-0.15, -0.1) is 0 Å². The van der Waals surface area contributed by atoms with Gasteiger partial charge in [-0.25, -0.2) is 0 Å². The van der Waals surface area contributed by atoms with Gasteiger partial charge in [0.2, 0.25) is 0 Å². The van der Waals surface area contributed by atoms with Gasteiger partial charge in [-0.2, -0.15) is 0 Å². The van der Waals surface area contributed by atoms with Gasteiger partial charge in [-0.05, 0) is 31.5 Å². The molecule has 1 aromatic rings. The molecule has 3 nitrogen and oxygen atoms in total. The SMILES string of the molecule is CCOC(CN)CCS(=O)c1cccc(Cl)c1. The second kappa shape index (κ2) is 7.82. The highest BCUT2D eigenvalue weighted by Gasteiger charge is 2.10. The molecule has 0 fully saturated rings. The van der Waals surface area contributed by atoms with Crippen LogP contribution in [0.15, 0.2) is 29.2 Å². The van der Waals surface area contributed by atoms with Gasteiger partial charge >= 0.3 is 0 Å². The van der Waals surface area contributed by atoms with Crippen LogP contribution in [0.4, 0.5) is 0 Å². The number of ether oxygens (including phenoxy) is 1. The van der Waals surface area contributed by atoms with Gasteiger partial charge in [0.25, 0.3) is 0 Å². The molecule has 2 unspecified atom stereocenters. The number of benzene rings is 1. The lowest BCUT2D eigenvalue weighted by Crippen LogP contribution is -2.25. The first kappa shape index (κ1) is 14.6. The average molecular weight is 276 g/mol. The summed E-state index contributed by atoms with van der Waals surface area (Å²) in [5, 5.41) is 0.607. The summed E-state index contributed by atoms with van der Waals surface area (Å²) in [7, 11) is -1.04. The van der Waals surface area contributed by atoms with E-state index >= 15 is 0 Å². The van der Waals surface area contributed by atoms with E-state index in [1.165, 1.54) is 0 Å². The molecule has 0 aliphatic carbocycles. The van der Waals surface area contributed by atoms with Gasteiger partial charge in [0, 0.05) is 28.8 Å². The number of nitrogens with two attached hydrogens (primary N) is 1. The minimum absolute atomic E-state index is 0.0110. The Hall–Kier alpha value is -0.420. The quantitative estimate of drug-likeness (QED) is 0.830. The lowest BCUT2D eigenvalue weighted by molar-refractivity contribution is 0.0672. The maximum atomic E-state index is 12.0. The van der Waals surface area contributed by atoms with Crippen molar-refractivity contribution in [3.8, 4) is 0 Å². The van der Waals surface area contributed by atoms with E-state index in [1.54, 1.807) is 18.2 Å². The summed E-state index contributed by atoms with van der Waals surface area (Å²) in [5.74, 6) is 0.544. The molecule has 0 heterocycles. The minimum Gasteiger partial charge on any atom is -0.377 e. The van der Waals surface area contributed by atoms with Crippen LogP contribution < -0.4 is 5.73 Å². The van der Waals surface area contributed by atoms with E-state index in [1.807, 2.05) is 13.0 Å². The highest BCUT2D eigenvalue weighted by molar-refractivity contribution is 7.85. The zero-order chi connectivity index (χ0) is 12.7. The Morgan fingerprint density at radius 2 is 2.29 bits per heavy atom. The third-order valence-corrected chi connectivity index (χ3v) is 3.97. The lowest BCUT2D eigenvalue weighted by atomic mass is 10.3. The van der Waals surface area contributed by atoms with Crippen molar-refractivity contribution >= 4 is 22.4 Å². The molecule has 1 rings (SSSR count). The van der Waals surface area contributed by atoms with Crippen LogP contribution in [0.3, 0.4) is 0 Å². The first-order valence-corrected chi connectivity index (χ1v) is 7.32. The van der Waals surface area contributed by atoms with Gasteiger partial charge in [-0.3, -0.25) is 4.21 Å². The molecule has 0 radical (unpaired) electrons. The van der Waals surface area contributed by atoms with E-state index in [0.717, 1.165) is 4.90 Å². The van der Waals surface area contributed by atoms with Crippen molar-refractivity contribution in [2.75, 3.05) is 18.9 Å². The van der Waals surface area contributed by atoms with Crippen molar-refractivity contribution in [3.05, 3.63) is 29.3 Å². The molecule has 0 spiro atoms. The zero-order valence-electron chi connectivity index (χ0n) is 9.90. The number of rotatable bonds is 7. The van der Waals surface area contributed by atoms with Gasteiger partial charge < -0.3 is 10.5 Å². The van der Waals surface area contributed by atoms with Crippen LogP contribution in [0.5, 0.6) is 0 Å². The van der Waals surface area contributed by atoms with Gasteiger partial charge in [-0.1, -0.05) is 17.7 Å². The molecule has 0 bridgehead atoms. The Labute approximate surface area is 110 Å². The molecule has 1 aromatic carbocycles. The maximum Gasteiger partial charge on any atom is 0.0706 e. The van der Waals surface area contributed by atoms with Gasteiger partial charge in [0.15, 0.2) is 0 Å². The fourth-order valence-electron chi connectivity index (χ4n) is 1.47. The first-order chi connectivity index (χ1) is 8.17. The molecule has 2 atom stereocenters. The van der Waals surface area contributed by atoms with Crippen molar-refractivity contribution in [1.29, 1.82) is 0 Å². The molecule has 0 amide bonds. The third kappa shape index (κ3) is 5.17. The van der Waals surface area contributed by atoms with Crippen LogP contribution >= 0.6 is 11.6 Å². The third-order valence-electron chi connectivity index (χ3n) is 2.35. The summed E-state index contributed by atoms with van der Waals surface area (Å²) in [6.45, 7) is 3.02. The summed E-state index contributed by atoms with van der Waals surface area (Å²) in [4.78, 5) is 0.754. The van der Waals surface area contributed by atoms with Crippen LogP contribution in [0, 0.1) is 0 Å². The Balaban J connectivity index is 2.49. The van der Waals surface area contributed by atoms with Crippen molar-refractivity contribution in [3.63, 3.8) is 0 Å². The first-order valence-electron chi connectivity index (χ1n) is 5.63. The predicted molar refractivity (Wildman–Crippen MR) is 71.8 cm³/mol.